The van der Waals surface area contributed by atoms with Crippen molar-refractivity contribution < 1.29 is 19.5 Å². The lowest BCUT2D eigenvalue weighted by molar-refractivity contribution is -0.137. The first kappa shape index (κ1) is 26.1. The van der Waals surface area contributed by atoms with Crippen molar-refractivity contribution in [3.8, 4) is 11.8 Å². The van der Waals surface area contributed by atoms with Gasteiger partial charge in [0.2, 0.25) is 17.4 Å². The summed E-state index contributed by atoms with van der Waals surface area (Å²) in [5.74, 6) is 5.05. The number of hydrazine groups is 1. The normalized spacial score (nSPS) is 20.4. The van der Waals surface area contributed by atoms with Crippen LogP contribution in [-0.4, -0.2) is 70.4 Å². The summed E-state index contributed by atoms with van der Waals surface area (Å²) in [5.41, 5.74) is 15.3. The lowest BCUT2D eigenvalue weighted by Gasteiger charge is -2.20. The molecule has 2 aromatic rings. The molecule has 1 fully saturated rings. The summed E-state index contributed by atoms with van der Waals surface area (Å²) in [6, 6.07) is 8.15. The number of likely N-dealkylation sites (tertiary alicyclic amines) is 1. The van der Waals surface area contributed by atoms with Crippen LogP contribution < -0.4 is 21.9 Å². The molecule has 1 aromatic carbocycles. The zero-order valence-electron chi connectivity index (χ0n) is 20.9. The number of hydrogen-bond acceptors (Lipinski definition) is 8. The van der Waals surface area contributed by atoms with E-state index < -0.39 is 23.5 Å². The highest BCUT2D eigenvalue weighted by molar-refractivity contribution is 5.90. The monoisotopic (exact) mass is 505 g/mol. The summed E-state index contributed by atoms with van der Waals surface area (Å²) in [5, 5.41) is 12.2. The van der Waals surface area contributed by atoms with Crippen LogP contribution in [0.2, 0.25) is 0 Å². The van der Waals surface area contributed by atoms with Crippen LogP contribution in [0.5, 0.6) is 0 Å². The Bertz CT molecular complexity index is 1290. The standard InChI is InChI=1S/C26H31N7O4/c1-31-13-10-26(37,25(31)36)9-7-17-8-12-29-21(15-17)33-20-6-5-18(14-19(20)23(30-33)24(28)35)16-32(2)22(34)4-3-11-27/h5-6,8,12,14-15,23,30,37H,3-4,10-11,13,16,27H2,1-2H3,(H2,28,35)/t23?,26-/m0/s1. The fraction of sp³-hybridized carbons (Fsp3) is 0.385. The van der Waals surface area contributed by atoms with Gasteiger partial charge in [-0.15, -0.1) is 0 Å². The average Bonchev–Trinajstić information content (AvgIpc) is 3.39. The number of nitrogens with two attached hydrogens (primary N) is 2. The zero-order chi connectivity index (χ0) is 26.7. The number of pyridine rings is 1. The Morgan fingerprint density at radius 1 is 1.32 bits per heavy atom. The highest BCUT2D eigenvalue weighted by Crippen LogP contribution is 2.37. The van der Waals surface area contributed by atoms with Gasteiger partial charge in [-0.25, -0.2) is 10.4 Å². The van der Waals surface area contributed by atoms with Crippen molar-refractivity contribution in [2.75, 3.05) is 32.2 Å². The maximum atomic E-state index is 12.3. The molecule has 0 bridgehead atoms. The predicted molar refractivity (Wildman–Crippen MR) is 137 cm³/mol. The second-order valence-electron chi connectivity index (χ2n) is 9.32. The van der Waals surface area contributed by atoms with E-state index in [-0.39, 0.29) is 12.3 Å². The minimum Gasteiger partial charge on any atom is -0.369 e. The molecule has 6 N–H and O–H groups in total. The number of carbonyl (C=O) groups is 3. The third-order valence-electron chi connectivity index (χ3n) is 6.52. The lowest BCUT2D eigenvalue weighted by atomic mass is 10.0. The van der Waals surface area contributed by atoms with Crippen molar-refractivity contribution >= 4 is 29.2 Å². The van der Waals surface area contributed by atoms with Gasteiger partial charge in [-0.05, 0) is 42.8 Å². The maximum absolute atomic E-state index is 12.3. The average molecular weight is 506 g/mol. The molecular formula is C26H31N7O4. The number of anilines is 2. The fourth-order valence-electron chi connectivity index (χ4n) is 4.38. The highest BCUT2D eigenvalue weighted by Gasteiger charge is 2.42. The molecule has 11 heteroatoms. The molecule has 1 unspecified atom stereocenters. The molecule has 4 rings (SSSR count). The first-order valence-corrected chi connectivity index (χ1v) is 12.0. The minimum atomic E-state index is -1.71. The van der Waals surface area contributed by atoms with E-state index in [0.717, 1.165) is 5.56 Å². The SMILES string of the molecule is CN(Cc1ccc2c(c1)C(C(N)=O)NN2c1cc(C#C[C@]2(O)CCN(C)C2=O)ccn1)C(=O)CCCN. The van der Waals surface area contributed by atoms with Crippen molar-refractivity contribution in [2.45, 2.75) is 37.5 Å². The van der Waals surface area contributed by atoms with Crippen molar-refractivity contribution in [1.82, 2.24) is 20.2 Å². The van der Waals surface area contributed by atoms with E-state index in [1.165, 1.54) is 4.90 Å². The molecule has 1 aromatic heterocycles. The predicted octanol–water partition coefficient (Wildman–Crippen LogP) is -0.0937. The number of benzene rings is 1. The summed E-state index contributed by atoms with van der Waals surface area (Å²) >= 11 is 0. The third-order valence-corrected chi connectivity index (χ3v) is 6.52. The summed E-state index contributed by atoms with van der Waals surface area (Å²) in [4.78, 5) is 44.2. The molecule has 2 aliphatic rings. The number of primary amides is 1. The van der Waals surface area contributed by atoms with Gasteiger partial charge in [-0.2, -0.15) is 0 Å². The fourth-order valence-corrected chi connectivity index (χ4v) is 4.38. The number of nitrogens with zero attached hydrogens (tertiary/aromatic N) is 4. The zero-order valence-corrected chi connectivity index (χ0v) is 20.9. The number of carbonyl (C=O) groups excluding carboxylic acids is 3. The van der Waals surface area contributed by atoms with Gasteiger partial charge in [0.15, 0.2) is 0 Å². The Morgan fingerprint density at radius 2 is 2.11 bits per heavy atom. The van der Waals surface area contributed by atoms with Gasteiger partial charge in [-0.1, -0.05) is 17.9 Å². The number of nitrogens with one attached hydrogen (secondary N) is 1. The molecule has 2 atom stereocenters. The second kappa shape index (κ2) is 10.6. The molecule has 3 amide bonds. The Kier molecular flexibility index (Phi) is 7.45. The molecule has 37 heavy (non-hydrogen) atoms. The van der Waals surface area contributed by atoms with Crippen LogP contribution in [0.4, 0.5) is 11.5 Å². The first-order chi connectivity index (χ1) is 17.6. The molecular weight excluding hydrogens is 474 g/mol. The Balaban J connectivity index is 1.59. The number of fused-ring (bicyclic) bond motifs is 1. The molecule has 0 radical (unpaired) electrons. The first-order valence-electron chi connectivity index (χ1n) is 12.0. The van der Waals surface area contributed by atoms with Crippen LogP contribution in [0.3, 0.4) is 0 Å². The molecule has 0 spiro atoms. The summed E-state index contributed by atoms with van der Waals surface area (Å²) in [6.07, 6.45) is 2.80. The molecule has 3 heterocycles. The van der Waals surface area contributed by atoms with E-state index in [1.807, 2.05) is 18.2 Å². The van der Waals surface area contributed by atoms with Gasteiger partial charge >= 0.3 is 0 Å². The van der Waals surface area contributed by atoms with Gasteiger partial charge in [0.1, 0.15) is 11.9 Å². The number of amides is 3. The van der Waals surface area contributed by atoms with E-state index >= 15 is 0 Å². The summed E-state index contributed by atoms with van der Waals surface area (Å²) in [6.45, 7) is 1.27. The molecule has 2 aliphatic heterocycles. The molecule has 11 nitrogen and oxygen atoms in total. The van der Waals surface area contributed by atoms with Crippen LogP contribution in [0.1, 0.15) is 42.0 Å². The van der Waals surface area contributed by atoms with Gasteiger partial charge in [0, 0.05) is 57.4 Å². The number of aliphatic hydroxyl groups is 1. The molecule has 0 saturated carbocycles. The summed E-state index contributed by atoms with van der Waals surface area (Å²) in [7, 11) is 3.35. The van der Waals surface area contributed by atoms with Crippen LogP contribution >= 0.6 is 0 Å². The van der Waals surface area contributed by atoms with Gasteiger partial charge in [-0.3, -0.25) is 19.4 Å². The van der Waals surface area contributed by atoms with E-state index in [0.29, 0.717) is 55.1 Å². The van der Waals surface area contributed by atoms with E-state index in [1.54, 1.807) is 42.3 Å². The Labute approximate surface area is 215 Å². The van der Waals surface area contributed by atoms with Gasteiger partial charge in [0.05, 0.1) is 5.69 Å². The topological polar surface area (TPSA) is 158 Å². The van der Waals surface area contributed by atoms with Crippen molar-refractivity contribution in [3.05, 3.63) is 53.2 Å². The van der Waals surface area contributed by atoms with E-state index in [4.69, 9.17) is 11.5 Å². The second-order valence-corrected chi connectivity index (χ2v) is 9.32. The number of hydrogen-bond donors (Lipinski definition) is 4. The smallest absolute Gasteiger partial charge is 0.267 e. The van der Waals surface area contributed by atoms with Gasteiger partial charge in [0.25, 0.3) is 5.91 Å². The summed E-state index contributed by atoms with van der Waals surface area (Å²) < 4.78 is 0. The van der Waals surface area contributed by atoms with Crippen LogP contribution in [0.15, 0.2) is 36.5 Å². The van der Waals surface area contributed by atoms with E-state index in [9.17, 15) is 19.5 Å². The van der Waals surface area contributed by atoms with Crippen LogP contribution in [0.25, 0.3) is 0 Å². The highest BCUT2D eigenvalue weighted by atomic mass is 16.3. The molecule has 1 saturated heterocycles. The minimum absolute atomic E-state index is 0.00474. The van der Waals surface area contributed by atoms with Crippen LogP contribution in [-0.2, 0) is 20.9 Å². The van der Waals surface area contributed by atoms with Crippen molar-refractivity contribution in [2.24, 2.45) is 11.5 Å². The maximum Gasteiger partial charge on any atom is 0.267 e. The molecule has 0 aliphatic carbocycles. The third kappa shape index (κ3) is 5.41. The number of rotatable bonds is 7. The number of aromatic nitrogens is 1. The van der Waals surface area contributed by atoms with E-state index in [2.05, 4.69) is 22.3 Å². The van der Waals surface area contributed by atoms with Gasteiger partial charge < -0.3 is 26.4 Å². The Morgan fingerprint density at radius 3 is 2.78 bits per heavy atom. The van der Waals surface area contributed by atoms with Crippen molar-refractivity contribution in [1.29, 1.82) is 0 Å². The quantitative estimate of drug-likeness (QED) is 0.380. The number of likely N-dealkylation sites (N-methyl/N-ethyl adjacent to an activating group) is 1. The van der Waals surface area contributed by atoms with Crippen LogP contribution in [0, 0.1) is 11.8 Å². The van der Waals surface area contributed by atoms with Crippen molar-refractivity contribution in [3.63, 3.8) is 0 Å². The largest absolute Gasteiger partial charge is 0.369 e. The lowest BCUT2D eigenvalue weighted by Crippen LogP contribution is -2.37. The Hall–Kier alpha value is -3.98. The molecule has 194 valence electrons.